The molecule has 3 heteroatoms. The van der Waals surface area contributed by atoms with E-state index in [1.165, 1.54) is 16.9 Å². The molecule has 0 saturated heterocycles. The molecule has 0 heterocycles. The lowest BCUT2D eigenvalue weighted by Gasteiger charge is -2.16. The topological polar surface area (TPSA) is 38.0 Å². The number of aryl methyl sites for hydroxylation is 1. The van der Waals surface area contributed by atoms with Gasteiger partial charge in [-0.1, -0.05) is 43.7 Å². The van der Waals surface area contributed by atoms with Crippen LogP contribution in [0, 0.1) is 12.8 Å². The quantitative estimate of drug-likeness (QED) is 0.579. The molecule has 0 radical (unpaired) electrons. The second-order valence-electron chi connectivity index (χ2n) is 4.99. The smallest absolute Gasteiger partial charge is 0.0341 e. The average molecular weight is 252 g/mol. The van der Waals surface area contributed by atoms with Gasteiger partial charge in [-0.25, -0.2) is 0 Å². The van der Waals surface area contributed by atoms with E-state index in [1.54, 1.807) is 0 Å². The van der Waals surface area contributed by atoms with Crippen LogP contribution >= 0.6 is 11.8 Å². The lowest BCUT2D eigenvalue weighted by Crippen LogP contribution is -2.38. The molecule has 0 saturated carbocycles. The molecule has 0 aliphatic rings. The fraction of sp³-hybridized carbons (Fsp3) is 0.571. The van der Waals surface area contributed by atoms with Gasteiger partial charge in [0, 0.05) is 11.8 Å². The highest BCUT2D eigenvalue weighted by Gasteiger charge is 2.08. The third-order valence-corrected chi connectivity index (χ3v) is 4.11. The second-order valence-corrected chi connectivity index (χ2v) is 6.06. The van der Waals surface area contributed by atoms with Gasteiger partial charge >= 0.3 is 0 Å². The summed E-state index contributed by atoms with van der Waals surface area (Å²) in [6.45, 7) is 6.62. The maximum absolute atomic E-state index is 5.61. The highest BCUT2D eigenvalue weighted by atomic mass is 32.2. The van der Waals surface area contributed by atoms with Crippen molar-refractivity contribution in [2.45, 2.75) is 33.2 Å². The van der Waals surface area contributed by atoms with Crippen LogP contribution in [0.2, 0.25) is 0 Å². The molecule has 1 rings (SSSR count). The summed E-state index contributed by atoms with van der Waals surface area (Å²) >= 11 is 1.97. The number of nitrogens with two attached hydrogens (primary N) is 1. The van der Waals surface area contributed by atoms with Gasteiger partial charge in [-0.2, -0.15) is 11.8 Å². The Hall–Kier alpha value is -0.510. The molecule has 1 aromatic rings. The van der Waals surface area contributed by atoms with E-state index < -0.39 is 0 Å². The van der Waals surface area contributed by atoms with Crippen molar-refractivity contribution in [2.75, 3.05) is 11.5 Å². The zero-order chi connectivity index (χ0) is 12.7. The maximum Gasteiger partial charge on any atom is 0.0341 e. The number of thioether (sulfide) groups is 1. The molecular formula is C14H24N2S. The molecule has 1 aromatic carbocycles. The van der Waals surface area contributed by atoms with Crippen LogP contribution in [0.3, 0.4) is 0 Å². The van der Waals surface area contributed by atoms with Gasteiger partial charge in [0.1, 0.15) is 0 Å². The van der Waals surface area contributed by atoms with Gasteiger partial charge in [0.15, 0.2) is 0 Å². The van der Waals surface area contributed by atoms with E-state index in [2.05, 4.69) is 50.5 Å². The summed E-state index contributed by atoms with van der Waals surface area (Å²) in [7, 11) is 0. The summed E-state index contributed by atoms with van der Waals surface area (Å²) in [5, 5.41) is 0. The maximum atomic E-state index is 5.61. The Morgan fingerprint density at radius 3 is 2.65 bits per heavy atom. The van der Waals surface area contributed by atoms with E-state index in [-0.39, 0.29) is 0 Å². The number of hydrazine groups is 1. The Balaban J connectivity index is 2.41. The van der Waals surface area contributed by atoms with Gasteiger partial charge in [0.25, 0.3) is 0 Å². The summed E-state index contributed by atoms with van der Waals surface area (Å²) in [5.74, 6) is 8.63. The minimum Gasteiger partial charge on any atom is -0.271 e. The standard InChI is InChI=1S/C14H24N2S/c1-11(2)9-17-10-14(16-15)8-13-6-4-5-12(3)7-13/h4-7,11,14,16H,8-10,15H2,1-3H3. The van der Waals surface area contributed by atoms with Crippen molar-refractivity contribution in [3.63, 3.8) is 0 Å². The highest BCUT2D eigenvalue weighted by molar-refractivity contribution is 7.99. The number of hydrogen-bond donors (Lipinski definition) is 2. The molecule has 0 aliphatic heterocycles. The second kappa shape index (κ2) is 7.75. The van der Waals surface area contributed by atoms with Gasteiger partial charge < -0.3 is 0 Å². The summed E-state index contributed by atoms with van der Waals surface area (Å²) < 4.78 is 0. The Bertz CT molecular complexity index is 326. The predicted molar refractivity (Wildman–Crippen MR) is 78.2 cm³/mol. The summed E-state index contributed by atoms with van der Waals surface area (Å²) in [6.07, 6.45) is 1.00. The Morgan fingerprint density at radius 2 is 2.06 bits per heavy atom. The van der Waals surface area contributed by atoms with Crippen molar-refractivity contribution in [3.8, 4) is 0 Å². The lowest BCUT2D eigenvalue weighted by molar-refractivity contribution is 0.574. The molecule has 96 valence electrons. The Morgan fingerprint density at radius 1 is 1.29 bits per heavy atom. The van der Waals surface area contributed by atoms with Gasteiger partial charge in [-0.3, -0.25) is 11.3 Å². The molecule has 0 spiro atoms. The molecule has 0 aromatic heterocycles. The van der Waals surface area contributed by atoms with Crippen molar-refractivity contribution in [3.05, 3.63) is 35.4 Å². The van der Waals surface area contributed by atoms with Crippen LogP contribution < -0.4 is 11.3 Å². The van der Waals surface area contributed by atoms with Crippen molar-refractivity contribution >= 4 is 11.8 Å². The van der Waals surface area contributed by atoms with Crippen molar-refractivity contribution in [1.82, 2.24) is 5.43 Å². The Kier molecular flexibility index (Phi) is 6.63. The molecule has 17 heavy (non-hydrogen) atoms. The highest BCUT2D eigenvalue weighted by Crippen LogP contribution is 2.12. The van der Waals surface area contributed by atoms with E-state index >= 15 is 0 Å². The van der Waals surface area contributed by atoms with Crippen molar-refractivity contribution in [2.24, 2.45) is 11.8 Å². The lowest BCUT2D eigenvalue weighted by atomic mass is 10.1. The zero-order valence-electron chi connectivity index (χ0n) is 11.1. The van der Waals surface area contributed by atoms with Crippen LogP contribution in [0.4, 0.5) is 0 Å². The predicted octanol–water partition coefficient (Wildman–Crippen LogP) is 2.76. The first kappa shape index (κ1) is 14.6. The third kappa shape index (κ3) is 6.10. The Labute approximate surface area is 109 Å². The first-order chi connectivity index (χ1) is 8.11. The number of benzene rings is 1. The number of rotatable bonds is 7. The van der Waals surface area contributed by atoms with E-state index in [0.29, 0.717) is 6.04 Å². The summed E-state index contributed by atoms with van der Waals surface area (Å²) in [6, 6.07) is 9.00. The average Bonchev–Trinajstić information content (AvgIpc) is 2.27. The third-order valence-electron chi connectivity index (χ3n) is 2.57. The normalized spacial score (nSPS) is 13.0. The summed E-state index contributed by atoms with van der Waals surface area (Å²) in [5.41, 5.74) is 5.60. The fourth-order valence-corrected chi connectivity index (χ4v) is 2.84. The molecule has 1 unspecified atom stereocenters. The van der Waals surface area contributed by atoms with Gasteiger partial charge in [-0.05, 0) is 30.6 Å². The van der Waals surface area contributed by atoms with Crippen molar-refractivity contribution in [1.29, 1.82) is 0 Å². The fourth-order valence-electron chi connectivity index (χ4n) is 1.74. The van der Waals surface area contributed by atoms with Gasteiger partial charge in [-0.15, -0.1) is 0 Å². The van der Waals surface area contributed by atoms with Crippen LogP contribution in [-0.4, -0.2) is 17.5 Å². The number of hydrogen-bond acceptors (Lipinski definition) is 3. The van der Waals surface area contributed by atoms with Crippen LogP contribution in [-0.2, 0) is 6.42 Å². The first-order valence-corrected chi connectivity index (χ1v) is 7.36. The molecule has 2 nitrogen and oxygen atoms in total. The van der Waals surface area contributed by atoms with Crippen LogP contribution in [0.15, 0.2) is 24.3 Å². The minimum absolute atomic E-state index is 0.362. The molecular weight excluding hydrogens is 228 g/mol. The molecule has 0 bridgehead atoms. The molecule has 0 amide bonds. The van der Waals surface area contributed by atoms with Crippen molar-refractivity contribution < 1.29 is 0 Å². The van der Waals surface area contributed by atoms with E-state index in [9.17, 15) is 0 Å². The van der Waals surface area contributed by atoms with Crippen LogP contribution in [0.1, 0.15) is 25.0 Å². The molecule has 1 atom stereocenters. The molecule has 0 fully saturated rings. The number of nitrogens with one attached hydrogen (secondary N) is 1. The van der Waals surface area contributed by atoms with E-state index in [0.717, 1.165) is 18.1 Å². The van der Waals surface area contributed by atoms with E-state index in [4.69, 9.17) is 5.84 Å². The molecule has 0 aliphatic carbocycles. The SMILES string of the molecule is Cc1cccc(CC(CSCC(C)C)NN)c1. The van der Waals surface area contributed by atoms with Crippen LogP contribution in [0.5, 0.6) is 0 Å². The van der Waals surface area contributed by atoms with Gasteiger partial charge in [0.05, 0.1) is 0 Å². The summed E-state index contributed by atoms with van der Waals surface area (Å²) in [4.78, 5) is 0. The first-order valence-electron chi connectivity index (χ1n) is 6.21. The van der Waals surface area contributed by atoms with Gasteiger partial charge in [0.2, 0.25) is 0 Å². The van der Waals surface area contributed by atoms with Crippen LogP contribution in [0.25, 0.3) is 0 Å². The minimum atomic E-state index is 0.362. The largest absolute Gasteiger partial charge is 0.271 e. The monoisotopic (exact) mass is 252 g/mol. The van der Waals surface area contributed by atoms with E-state index in [1.807, 2.05) is 11.8 Å². The zero-order valence-corrected chi connectivity index (χ0v) is 11.9. The molecule has 3 N–H and O–H groups in total.